The van der Waals surface area contributed by atoms with Gasteiger partial charge in [0.05, 0.1) is 0 Å². The molecule has 0 amide bonds. The van der Waals surface area contributed by atoms with E-state index in [2.05, 4.69) is 36.7 Å². The monoisotopic (exact) mass is 484 g/mol. The normalized spacial score (nSPS) is 15.0. The van der Waals surface area contributed by atoms with Crippen LogP contribution in [0.1, 0.15) is 51.7 Å². The Labute approximate surface area is 188 Å². The van der Waals surface area contributed by atoms with Gasteiger partial charge < -0.3 is 9.05 Å². The Kier molecular flexibility index (Phi) is 8.89. The number of hydrogen-bond donors (Lipinski definition) is 4. The third-order valence-corrected chi connectivity index (χ3v) is 6.18. The van der Waals surface area contributed by atoms with Crippen molar-refractivity contribution in [2.45, 2.75) is 40.5 Å². The van der Waals surface area contributed by atoms with Crippen LogP contribution in [-0.4, -0.2) is 19.6 Å². The predicted molar refractivity (Wildman–Crippen MR) is 124 cm³/mol. The molecule has 0 bridgehead atoms. The van der Waals surface area contributed by atoms with Gasteiger partial charge in [-0.1, -0.05) is 52.0 Å². The molecule has 0 heterocycles. The number of phosphoric ester groups is 2. The molecule has 2 atom stereocenters. The molecular formula is C22H30O8P2. The maximum Gasteiger partial charge on any atom is 0.524 e. The van der Waals surface area contributed by atoms with Crippen molar-refractivity contribution in [2.75, 3.05) is 0 Å². The number of allylic oxidation sites excluding steroid dienone is 2. The smallest absolute Gasteiger partial charge is 0.404 e. The van der Waals surface area contributed by atoms with Gasteiger partial charge in [-0.25, -0.2) is 9.13 Å². The van der Waals surface area contributed by atoms with Crippen LogP contribution in [0.15, 0.2) is 48.5 Å². The maximum absolute atomic E-state index is 11.1. The van der Waals surface area contributed by atoms with Crippen LogP contribution in [0, 0.1) is 11.8 Å². The van der Waals surface area contributed by atoms with Crippen molar-refractivity contribution in [2.24, 2.45) is 11.8 Å². The van der Waals surface area contributed by atoms with Gasteiger partial charge in [-0.15, -0.1) is 0 Å². The highest BCUT2D eigenvalue weighted by atomic mass is 31.2. The van der Waals surface area contributed by atoms with E-state index in [-0.39, 0.29) is 23.3 Å². The second-order valence-electron chi connectivity index (χ2n) is 7.66. The van der Waals surface area contributed by atoms with Crippen molar-refractivity contribution >= 4 is 26.8 Å². The summed E-state index contributed by atoms with van der Waals surface area (Å²) in [5.74, 6) is 0.515. The fourth-order valence-electron chi connectivity index (χ4n) is 3.48. The van der Waals surface area contributed by atoms with Gasteiger partial charge in [0, 0.05) is 0 Å². The van der Waals surface area contributed by atoms with E-state index >= 15 is 0 Å². The molecule has 0 aliphatic heterocycles. The molecule has 10 heteroatoms. The van der Waals surface area contributed by atoms with E-state index in [1.54, 1.807) is 24.3 Å². The van der Waals surface area contributed by atoms with Gasteiger partial charge in [0.2, 0.25) is 0 Å². The second kappa shape index (κ2) is 10.8. The molecule has 2 aromatic carbocycles. The molecule has 8 nitrogen and oxygen atoms in total. The lowest BCUT2D eigenvalue weighted by atomic mass is 9.79. The molecule has 0 aliphatic carbocycles. The number of rotatable bonds is 10. The van der Waals surface area contributed by atoms with Gasteiger partial charge >= 0.3 is 15.6 Å². The van der Waals surface area contributed by atoms with Crippen LogP contribution in [-0.2, 0) is 9.13 Å². The lowest BCUT2D eigenvalue weighted by molar-refractivity contribution is 0.281. The first kappa shape index (κ1) is 26.3. The number of benzene rings is 2. The average Bonchev–Trinajstić information content (AvgIpc) is 2.70. The summed E-state index contributed by atoms with van der Waals surface area (Å²) in [4.78, 5) is 36.1. The van der Waals surface area contributed by atoms with Gasteiger partial charge in [0.25, 0.3) is 0 Å². The Morgan fingerprint density at radius 3 is 1.19 bits per heavy atom. The standard InChI is InChI=1S/C22H30O8P2/c1-5-15(3)21(17-7-11-19(12-8-17)29-31(23,24)25)22(16(4)6-2)18-9-13-20(14-10-18)30-32(26,27)28/h7-16H,5-6H2,1-4H3,(H2,23,24,25)(H2,26,27,28)/b22-21+. The minimum atomic E-state index is -4.64. The van der Waals surface area contributed by atoms with Gasteiger partial charge in [0.1, 0.15) is 11.5 Å². The fraction of sp³-hybridized carbons (Fsp3) is 0.364. The maximum atomic E-state index is 11.1. The molecular weight excluding hydrogens is 454 g/mol. The van der Waals surface area contributed by atoms with Gasteiger partial charge in [-0.05, 0) is 71.2 Å². The Balaban J connectivity index is 2.60. The summed E-state index contributed by atoms with van der Waals surface area (Å²) >= 11 is 0. The van der Waals surface area contributed by atoms with Crippen LogP contribution in [0.5, 0.6) is 11.5 Å². The quantitative estimate of drug-likeness (QED) is 0.252. The number of phosphoric acid groups is 2. The van der Waals surface area contributed by atoms with Crippen LogP contribution in [0.3, 0.4) is 0 Å². The highest BCUT2D eigenvalue weighted by Crippen LogP contribution is 2.43. The lowest BCUT2D eigenvalue weighted by Gasteiger charge is -2.25. The third kappa shape index (κ3) is 7.59. The van der Waals surface area contributed by atoms with Crippen LogP contribution in [0.25, 0.3) is 11.1 Å². The van der Waals surface area contributed by atoms with E-state index < -0.39 is 15.6 Å². The summed E-state index contributed by atoms with van der Waals surface area (Å²) in [5.41, 5.74) is 3.99. The topological polar surface area (TPSA) is 134 Å². The molecule has 2 aromatic rings. The predicted octanol–water partition coefficient (Wildman–Crippen LogP) is 5.63. The van der Waals surface area contributed by atoms with Gasteiger partial charge in [-0.3, -0.25) is 19.6 Å². The molecule has 2 unspecified atom stereocenters. The van der Waals surface area contributed by atoms with Crippen LogP contribution in [0.2, 0.25) is 0 Å². The van der Waals surface area contributed by atoms with Crippen LogP contribution in [0.4, 0.5) is 0 Å². The van der Waals surface area contributed by atoms with Crippen molar-refractivity contribution < 1.29 is 37.8 Å². The van der Waals surface area contributed by atoms with Crippen LogP contribution < -0.4 is 9.05 Å². The second-order valence-corrected chi connectivity index (χ2v) is 9.99. The third-order valence-electron chi connectivity index (χ3n) is 5.28. The van der Waals surface area contributed by atoms with Gasteiger partial charge in [0.15, 0.2) is 0 Å². The summed E-state index contributed by atoms with van der Waals surface area (Å²) in [6, 6.07) is 13.2. The van der Waals surface area contributed by atoms with Crippen molar-refractivity contribution in [3.63, 3.8) is 0 Å². The van der Waals surface area contributed by atoms with Crippen LogP contribution >= 0.6 is 15.6 Å². The minimum Gasteiger partial charge on any atom is -0.404 e. The van der Waals surface area contributed by atoms with E-state index in [4.69, 9.17) is 19.6 Å². The summed E-state index contributed by atoms with van der Waals surface area (Å²) in [6.07, 6.45) is 1.74. The zero-order valence-electron chi connectivity index (χ0n) is 18.5. The zero-order valence-corrected chi connectivity index (χ0v) is 20.3. The van der Waals surface area contributed by atoms with Gasteiger partial charge in [-0.2, -0.15) is 0 Å². The highest BCUT2D eigenvalue weighted by molar-refractivity contribution is 7.47. The molecule has 2 rings (SSSR count). The molecule has 0 aliphatic rings. The largest absolute Gasteiger partial charge is 0.524 e. The summed E-state index contributed by atoms with van der Waals surface area (Å²) in [6.45, 7) is 8.40. The Bertz CT molecular complexity index is 935. The summed E-state index contributed by atoms with van der Waals surface area (Å²) < 4.78 is 31.6. The molecule has 0 saturated heterocycles. The first-order valence-corrected chi connectivity index (χ1v) is 13.4. The van der Waals surface area contributed by atoms with E-state index in [9.17, 15) is 9.13 Å². The lowest BCUT2D eigenvalue weighted by Crippen LogP contribution is -2.07. The minimum absolute atomic E-state index is 0.0783. The van der Waals surface area contributed by atoms with E-state index in [0.29, 0.717) is 0 Å². The fourth-order valence-corrected chi connectivity index (χ4v) is 4.28. The first-order chi connectivity index (χ1) is 14.8. The number of hydrogen-bond acceptors (Lipinski definition) is 4. The van der Waals surface area contributed by atoms with E-state index in [0.717, 1.165) is 35.1 Å². The molecule has 0 radical (unpaired) electrons. The zero-order chi connectivity index (χ0) is 24.1. The van der Waals surface area contributed by atoms with Crippen molar-refractivity contribution in [3.8, 4) is 11.5 Å². The Morgan fingerprint density at radius 1 is 0.688 bits per heavy atom. The van der Waals surface area contributed by atoms with Crippen molar-refractivity contribution in [3.05, 3.63) is 59.7 Å². The molecule has 0 spiro atoms. The van der Waals surface area contributed by atoms with E-state index in [1.807, 2.05) is 0 Å². The molecule has 0 aromatic heterocycles. The SMILES string of the molecule is CCC(C)/C(=C(\c1ccc(OP(=O)(O)O)cc1)C(C)CC)c1ccc(OP(=O)(O)O)cc1. The summed E-state index contributed by atoms with van der Waals surface area (Å²) in [5, 5.41) is 0. The first-order valence-electron chi connectivity index (χ1n) is 10.3. The van der Waals surface area contributed by atoms with E-state index in [1.165, 1.54) is 24.3 Å². The molecule has 4 N–H and O–H groups in total. The van der Waals surface area contributed by atoms with Crippen molar-refractivity contribution in [1.29, 1.82) is 0 Å². The van der Waals surface area contributed by atoms with Crippen molar-refractivity contribution in [1.82, 2.24) is 0 Å². The Hall–Kier alpha value is -1.92. The molecule has 0 fully saturated rings. The molecule has 32 heavy (non-hydrogen) atoms. The highest BCUT2D eigenvalue weighted by Gasteiger charge is 2.22. The Morgan fingerprint density at radius 2 is 0.969 bits per heavy atom. The molecule has 176 valence electrons. The molecule has 0 saturated carbocycles. The average molecular weight is 484 g/mol. The summed E-state index contributed by atoms with van der Waals surface area (Å²) in [7, 11) is -9.28.